The van der Waals surface area contributed by atoms with Crippen LogP contribution in [0.3, 0.4) is 0 Å². The van der Waals surface area contributed by atoms with Crippen molar-refractivity contribution in [3.63, 3.8) is 0 Å². The number of halogens is 1. The summed E-state index contributed by atoms with van der Waals surface area (Å²) in [6.45, 7) is 3.43. The van der Waals surface area contributed by atoms with Gasteiger partial charge in [0, 0.05) is 25.5 Å². The smallest absolute Gasteiger partial charge is 0.322 e. The van der Waals surface area contributed by atoms with Crippen LogP contribution >= 0.6 is 11.6 Å². The van der Waals surface area contributed by atoms with E-state index in [1.54, 1.807) is 12.4 Å². The van der Waals surface area contributed by atoms with E-state index in [4.69, 9.17) is 16.3 Å². The topological polar surface area (TPSA) is 64.0 Å². The standard InChI is InChI=1S/C12H14ClN5O/c1-3-18(8-9-4-6-14-7-5-9)11-15-10(13)16-12(17-11)19-2/h4-7H,3,8H2,1-2H3. The number of pyridine rings is 1. The van der Waals surface area contributed by atoms with Crippen molar-refractivity contribution in [2.45, 2.75) is 13.5 Å². The van der Waals surface area contributed by atoms with Crippen molar-refractivity contribution in [3.8, 4) is 6.01 Å². The molecule has 6 nitrogen and oxygen atoms in total. The van der Waals surface area contributed by atoms with E-state index >= 15 is 0 Å². The lowest BCUT2D eigenvalue weighted by Crippen LogP contribution is -2.24. The molecule has 0 radical (unpaired) electrons. The largest absolute Gasteiger partial charge is 0.467 e. The minimum Gasteiger partial charge on any atom is -0.467 e. The van der Waals surface area contributed by atoms with Gasteiger partial charge in [0.2, 0.25) is 11.2 Å². The number of aromatic nitrogens is 4. The minimum absolute atomic E-state index is 0.120. The first-order valence-corrected chi connectivity index (χ1v) is 6.20. The van der Waals surface area contributed by atoms with Gasteiger partial charge in [0.25, 0.3) is 0 Å². The normalized spacial score (nSPS) is 10.3. The van der Waals surface area contributed by atoms with Gasteiger partial charge >= 0.3 is 6.01 Å². The van der Waals surface area contributed by atoms with Crippen LogP contribution in [-0.2, 0) is 6.54 Å². The van der Waals surface area contributed by atoms with Crippen molar-refractivity contribution in [1.29, 1.82) is 0 Å². The maximum atomic E-state index is 5.85. The average Bonchev–Trinajstić information content (AvgIpc) is 2.45. The van der Waals surface area contributed by atoms with Gasteiger partial charge in [-0.1, -0.05) is 0 Å². The first-order chi connectivity index (χ1) is 9.22. The molecule has 7 heteroatoms. The fourth-order valence-electron chi connectivity index (χ4n) is 1.59. The second-order valence-corrected chi connectivity index (χ2v) is 4.10. The molecule has 0 aliphatic heterocycles. The van der Waals surface area contributed by atoms with Gasteiger partial charge < -0.3 is 9.64 Å². The van der Waals surface area contributed by atoms with Gasteiger partial charge in [0.1, 0.15) is 0 Å². The lowest BCUT2D eigenvalue weighted by Gasteiger charge is -2.20. The van der Waals surface area contributed by atoms with E-state index in [9.17, 15) is 0 Å². The third-order valence-corrected chi connectivity index (χ3v) is 2.71. The van der Waals surface area contributed by atoms with Gasteiger partial charge in [-0.2, -0.15) is 15.0 Å². The number of anilines is 1. The third kappa shape index (κ3) is 3.51. The predicted octanol–water partition coefficient (Wildman–Crippen LogP) is 1.96. The Morgan fingerprint density at radius 2 is 1.95 bits per heavy atom. The summed E-state index contributed by atoms with van der Waals surface area (Å²) in [6, 6.07) is 4.11. The Kier molecular flexibility index (Phi) is 4.46. The zero-order chi connectivity index (χ0) is 13.7. The van der Waals surface area contributed by atoms with Gasteiger partial charge in [-0.25, -0.2) is 0 Å². The van der Waals surface area contributed by atoms with Crippen molar-refractivity contribution in [3.05, 3.63) is 35.4 Å². The number of rotatable bonds is 5. The molecule has 2 heterocycles. The molecule has 0 amide bonds. The summed E-state index contributed by atoms with van der Waals surface area (Å²) in [6.07, 6.45) is 3.51. The Labute approximate surface area is 116 Å². The number of hydrogen-bond donors (Lipinski definition) is 0. The zero-order valence-corrected chi connectivity index (χ0v) is 11.5. The maximum Gasteiger partial charge on any atom is 0.322 e. The molecule has 100 valence electrons. The molecule has 2 aromatic heterocycles. The van der Waals surface area contributed by atoms with Gasteiger partial charge in [-0.15, -0.1) is 0 Å². The fraction of sp³-hybridized carbons (Fsp3) is 0.333. The molecule has 0 N–H and O–H groups in total. The fourth-order valence-corrected chi connectivity index (χ4v) is 1.74. The van der Waals surface area contributed by atoms with Crippen LogP contribution in [0.2, 0.25) is 5.28 Å². The first kappa shape index (κ1) is 13.5. The maximum absolute atomic E-state index is 5.85. The summed E-state index contributed by atoms with van der Waals surface area (Å²) < 4.78 is 5.00. The van der Waals surface area contributed by atoms with Crippen LogP contribution in [0.15, 0.2) is 24.5 Å². The van der Waals surface area contributed by atoms with Crippen molar-refractivity contribution in [2.24, 2.45) is 0 Å². The quantitative estimate of drug-likeness (QED) is 0.834. The highest BCUT2D eigenvalue weighted by Crippen LogP contribution is 2.16. The van der Waals surface area contributed by atoms with E-state index in [2.05, 4.69) is 19.9 Å². The molecule has 0 atom stereocenters. The van der Waals surface area contributed by atoms with Crippen LogP contribution in [0.4, 0.5) is 5.95 Å². The molecule has 0 aliphatic rings. The van der Waals surface area contributed by atoms with Crippen LogP contribution in [0, 0.1) is 0 Å². The van der Waals surface area contributed by atoms with Crippen LogP contribution in [-0.4, -0.2) is 33.6 Å². The SMILES string of the molecule is CCN(Cc1ccncc1)c1nc(Cl)nc(OC)n1. The minimum atomic E-state index is 0.120. The van der Waals surface area contributed by atoms with Crippen LogP contribution < -0.4 is 9.64 Å². The second-order valence-electron chi connectivity index (χ2n) is 3.76. The summed E-state index contributed by atoms with van der Waals surface area (Å²) in [5.74, 6) is 0.496. The molecule has 0 bridgehead atoms. The number of nitrogens with zero attached hydrogens (tertiary/aromatic N) is 5. The van der Waals surface area contributed by atoms with E-state index < -0.39 is 0 Å². The van der Waals surface area contributed by atoms with Crippen molar-refractivity contribution >= 4 is 17.5 Å². The molecular formula is C12H14ClN5O. The van der Waals surface area contributed by atoms with E-state index in [1.165, 1.54) is 7.11 Å². The molecule has 0 spiro atoms. The Balaban J connectivity index is 2.24. The van der Waals surface area contributed by atoms with Crippen LogP contribution in [0.5, 0.6) is 6.01 Å². The molecule has 2 aromatic rings. The highest BCUT2D eigenvalue weighted by molar-refractivity contribution is 6.28. The summed E-state index contributed by atoms with van der Waals surface area (Å²) in [5.41, 5.74) is 1.12. The molecule has 0 saturated heterocycles. The highest BCUT2D eigenvalue weighted by Gasteiger charge is 2.12. The molecule has 0 aliphatic carbocycles. The van der Waals surface area contributed by atoms with Gasteiger partial charge in [0.05, 0.1) is 7.11 Å². The molecule has 0 saturated carbocycles. The molecular weight excluding hydrogens is 266 g/mol. The highest BCUT2D eigenvalue weighted by atomic mass is 35.5. The number of ether oxygens (including phenoxy) is 1. The van der Waals surface area contributed by atoms with Crippen molar-refractivity contribution in [1.82, 2.24) is 19.9 Å². The van der Waals surface area contributed by atoms with E-state index in [1.807, 2.05) is 24.0 Å². The van der Waals surface area contributed by atoms with E-state index in [0.717, 1.165) is 12.1 Å². The Bertz CT molecular complexity index is 537. The average molecular weight is 280 g/mol. The van der Waals surface area contributed by atoms with Crippen molar-refractivity contribution in [2.75, 3.05) is 18.6 Å². The summed E-state index contributed by atoms with van der Waals surface area (Å²) in [5, 5.41) is 0.120. The van der Waals surface area contributed by atoms with Gasteiger partial charge in [-0.3, -0.25) is 4.98 Å². The van der Waals surface area contributed by atoms with Crippen LogP contribution in [0.25, 0.3) is 0 Å². The monoisotopic (exact) mass is 279 g/mol. The Hall–Kier alpha value is -1.95. The zero-order valence-electron chi connectivity index (χ0n) is 10.7. The molecule has 2 rings (SSSR count). The lowest BCUT2D eigenvalue weighted by atomic mass is 10.2. The third-order valence-electron chi connectivity index (χ3n) is 2.55. The lowest BCUT2D eigenvalue weighted by molar-refractivity contribution is 0.378. The van der Waals surface area contributed by atoms with E-state index in [-0.39, 0.29) is 11.3 Å². The molecule has 0 unspecified atom stereocenters. The second kappa shape index (κ2) is 6.29. The van der Waals surface area contributed by atoms with Crippen molar-refractivity contribution < 1.29 is 4.74 Å². The summed E-state index contributed by atoms with van der Waals surface area (Å²) in [4.78, 5) is 18.2. The van der Waals surface area contributed by atoms with Gasteiger partial charge in [0.15, 0.2) is 0 Å². The van der Waals surface area contributed by atoms with Gasteiger partial charge in [-0.05, 0) is 36.2 Å². The Morgan fingerprint density at radius 1 is 1.21 bits per heavy atom. The molecule has 0 aromatic carbocycles. The first-order valence-electron chi connectivity index (χ1n) is 5.82. The molecule has 0 fully saturated rings. The summed E-state index contributed by atoms with van der Waals surface area (Å²) >= 11 is 5.85. The van der Waals surface area contributed by atoms with Crippen LogP contribution in [0.1, 0.15) is 12.5 Å². The number of methoxy groups -OCH3 is 1. The summed E-state index contributed by atoms with van der Waals surface area (Å²) in [7, 11) is 1.49. The Morgan fingerprint density at radius 3 is 2.58 bits per heavy atom. The number of hydrogen-bond acceptors (Lipinski definition) is 6. The predicted molar refractivity (Wildman–Crippen MR) is 72.4 cm³/mol. The molecule has 19 heavy (non-hydrogen) atoms. The van der Waals surface area contributed by atoms with E-state index in [0.29, 0.717) is 12.5 Å².